The summed E-state index contributed by atoms with van der Waals surface area (Å²) in [5.41, 5.74) is 4.33. The monoisotopic (exact) mass is 473 g/mol. The molecule has 1 atom stereocenters. The second-order valence-electron chi connectivity index (χ2n) is 7.63. The van der Waals surface area contributed by atoms with Gasteiger partial charge in [0.2, 0.25) is 5.91 Å². The maximum absolute atomic E-state index is 15.0. The molecule has 1 aromatic heterocycles. The quantitative estimate of drug-likeness (QED) is 0.530. The first-order valence-corrected chi connectivity index (χ1v) is 10.6. The van der Waals surface area contributed by atoms with E-state index in [1.807, 2.05) is 4.90 Å². The van der Waals surface area contributed by atoms with E-state index in [2.05, 4.69) is 31.1 Å². The van der Waals surface area contributed by atoms with Crippen LogP contribution in [0.3, 0.4) is 0 Å². The van der Waals surface area contributed by atoms with E-state index in [1.54, 1.807) is 12.1 Å². The predicted octanol–water partition coefficient (Wildman–Crippen LogP) is 0.423. The lowest BCUT2D eigenvalue weighted by Crippen LogP contribution is -2.48. The number of aromatic nitrogens is 3. The van der Waals surface area contributed by atoms with Crippen LogP contribution in [0.25, 0.3) is 0 Å². The minimum atomic E-state index is -0.683. The van der Waals surface area contributed by atoms with Crippen molar-refractivity contribution >= 4 is 35.6 Å². The molecular weight excluding hydrogens is 449 g/mol. The summed E-state index contributed by atoms with van der Waals surface area (Å²) < 4.78 is 20.2. The molecule has 1 aromatic carbocycles. The molecule has 180 valence electrons. The van der Waals surface area contributed by atoms with E-state index in [-0.39, 0.29) is 19.1 Å². The molecule has 0 spiro atoms. The van der Waals surface area contributed by atoms with Crippen LogP contribution in [0.15, 0.2) is 29.4 Å². The standard InChI is InChI=1S/C20H24FN9O4/c1-13(31)22-11-16-12-29(20(33)34-16)15-2-3-18(17(21)8-15)28-5-4-25-30(7-6-28)19(32)23-9-14-10-24-27-26-14/h2-3,8,10-11,16,25H,4-7,9,12H2,1H3,(H,23,32)(H,24,26,27). The van der Waals surface area contributed by atoms with Crippen LogP contribution in [0.5, 0.6) is 0 Å². The van der Waals surface area contributed by atoms with Gasteiger partial charge in [0, 0.05) is 26.6 Å². The summed E-state index contributed by atoms with van der Waals surface area (Å²) in [5.74, 6) is -0.905. The van der Waals surface area contributed by atoms with Gasteiger partial charge in [0.25, 0.3) is 0 Å². The van der Waals surface area contributed by atoms with Crippen molar-refractivity contribution in [3.63, 3.8) is 0 Å². The lowest BCUT2D eigenvalue weighted by molar-refractivity contribution is -0.115. The normalized spacial score (nSPS) is 18.8. The first-order valence-electron chi connectivity index (χ1n) is 10.6. The number of halogens is 1. The molecule has 14 heteroatoms. The van der Waals surface area contributed by atoms with Gasteiger partial charge in [-0.1, -0.05) is 0 Å². The number of hydrazine groups is 1. The summed E-state index contributed by atoms with van der Waals surface area (Å²) in [6.45, 7) is 3.26. The summed E-state index contributed by atoms with van der Waals surface area (Å²) in [6, 6.07) is 4.16. The number of aliphatic imine (C=N–C) groups is 1. The van der Waals surface area contributed by atoms with Crippen LogP contribution in [0.1, 0.15) is 12.6 Å². The lowest BCUT2D eigenvalue weighted by Gasteiger charge is -2.24. The number of carbonyl (C=O) groups is 3. The molecule has 2 aliphatic rings. The fourth-order valence-corrected chi connectivity index (χ4v) is 3.60. The van der Waals surface area contributed by atoms with Gasteiger partial charge >= 0.3 is 12.1 Å². The van der Waals surface area contributed by atoms with Crippen LogP contribution < -0.4 is 20.5 Å². The fraction of sp³-hybridized carbons (Fsp3) is 0.400. The number of urea groups is 1. The van der Waals surface area contributed by atoms with Crippen molar-refractivity contribution in [3.8, 4) is 0 Å². The molecule has 2 fully saturated rings. The van der Waals surface area contributed by atoms with Gasteiger partial charge < -0.3 is 15.0 Å². The van der Waals surface area contributed by atoms with Crippen molar-refractivity contribution in [3.05, 3.63) is 35.9 Å². The number of nitrogens with zero attached hydrogens (tertiary/aromatic N) is 6. The molecule has 2 aromatic rings. The Morgan fingerprint density at radius 3 is 2.94 bits per heavy atom. The Balaban J connectivity index is 1.36. The average molecular weight is 473 g/mol. The van der Waals surface area contributed by atoms with Gasteiger partial charge in [0.15, 0.2) is 6.10 Å². The number of amides is 4. The molecule has 0 radical (unpaired) electrons. The van der Waals surface area contributed by atoms with Crippen LogP contribution >= 0.6 is 0 Å². The zero-order valence-corrected chi connectivity index (χ0v) is 18.4. The topological polar surface area (TPSA) is 148 Å². The minimum absolute atomic E-state index is 0.125. The van der Waals surface area contributed by atoms with Crippen LogP contribution in [-0.4, -0.2) is 83.5 Å². The molecule has 0 bridgehead atoms. The molecule has 13 nitrogen and oxygen atoms in total. The van der Waals surface area contributed by atoms with Gasteiger partial charge in [-0.15, -0.1) is 0 Å². The largest absolute Gasteiger partial charge is 0.438 e. The third kappa shape index (κ3) is 5.46. The van der Waals surface area contributed by atoms with E-state index in [0.29, 0.717) is 43.2 Å². The Bertz CT molecular complexity index is 1080. The highest BCUT2D eigenvalue weighted by atomic mass is 19.1. The van der Waals surface area contributed by atoms with E-state index in [1.165, 1.54) is 35.3 Å². The number of ether oxygens (including phenoxy) is 1. The number of hydrogen-bond donors (Lipinski definition) is 3. The van der Waals surface area contributed by atoms with Crippen molar-refractivity contribution in [1.29, 1.82) is 0 Å². The summed E-state index contributed by atoms with van der Waals surface area (Å²) in [7, 11) is 0. The summed E-state index contributed by atoms with van der Waals surface area (Å²) >= 11 is 0. The predicted molar refractivity (Wildman–Crippen MR) is 119 cm³/mol. The minimum Gasteiger partial charge on any atom is -0.438 e. The molecule has 4 rings (SSSR count). The second kappa shape index (κ2) is 10.2. The Hall–Kier alpha value is -4.07. The van der Waals surface area contributed by atoms with Crippen molar-refractivity contribution < 1.29 is 23.5 Å². The number of hydrogen-bond acceptors (Lipinski definition) is 8. The molecule has 0 aliphatic carbocycles. The number of anilines is 2. The fourth-order valence-electron chi connectivity index (χ4n) is 3.60. The van der Waals surface area contributed by atoms with Crippen molar-refractivity contribution in [2.24, 2.45) is 4.99 Å². The smallest absolute Gasteiger partial charge is 0.415 e. The third-order valence-electron chi connectivity index (χ3n) is 5.25. The molecular formula is C20H24FN9O4. The van der Waals surface area contributed by atoms with Crippen molar-refractivity contribution in [2.75, 3.05) is 42.5 Å². The van der Waals surface area contributed by atoms with Gasteiger partial charge in [0.1, 0.15) is 11.5 Å². The lowest BCUT2D eigenvalue weighted by atomic mass is 10.2. The highest BCUT2D eigenvalue weighted by molar-refractivity contribution is 5.94. The third-order valence-corrected chi connectivity index (χ3v) is 5.25. The maximum Gasteiger partial charge on any atom is 0.415 e. The van der Waals surface area contributed by atoms with Crippen molar-refractivity contribution in [1.82, 2.24) is 31.2 Å². The summed E-state index contributed by atoms with van der Waals surface area (Å²) in [4.78, 5) is 42.3. The van der Waals surface area contributed by atoms with Crippen LogP contribution in [-0.2, 0) is 16.1 Å². The van der Waals surface area contributed by atoms with Gasteiger partial charge in [-0.2, -0.15) is 15.4 Å². The molecule has 1 unspecified atom stereocenters. The molecule has 3 heterocycles. The number of aromatic amines is 1. The molecule has 4 amide bonds. The molecule has 2 saturated heterocycles. The van der Waals surface area contributed by atoms with E-state index < -0.39 is 23.9 Å². The van der Waals surface area contributed by atoms with Gasteiger partial charge in [-0.05, 0) is 18.2 Å². The number of H-pyrrole nitrogens is 1. The number of carbonyl (C=O) groups excluding carboxylic acids is 3. The van der Waals surface area contributed by atoms with Crippen LogP contribution in [0.4, 0.5) is 25.4 Å². The molecule has 2 aliphatic heterocycles. The first-order chi connectivity index (χ1) is 16.4. The van der Waals surface area contributed by atoms with Gasteiger partial charge in [0.05, 0.1) is 43.4 Å². The molecule has 3 N–H and O–H groups in total. The van der Waals surface area contributed by atoms with Gasteiger partial charge in [-0.25, -0.2) is 24.4 Å². The molecule has 34 heavy (non-hydrogen) atoms. The van der Waals surface area contributed by atoms with E-state index in [4.69, 9.17) is 4.74 Å². The second-order valence-corrected chi connectivity index (χ2v) is 7.63. The van der Waals surface area contributed by atoms with E-state index in [9.17, 15) is 14.4 Å². The zero-order valence-electron chi connectivity index (χ0n) is 18.4. The highest BCUT2D eigenvalue weighted by Gasteiger charge is 2.32. The number of nitrogens with one attached hydrogen (secondary N) is 3. The van der Waals surface area contributed by atoms with E-state index in [0.717, 1.165) is 0 Å². The number of cyclic esters (lactones) is 1. The Morgan fingerprint density at radius 1 is 1.35 bits per heavy atom. The maximum atomic E-state index is 15.0. The number of rotatable bonds is 5. The molecule has 0 saturated carbocycles. The van der Waals surface area contributed by atoms with Gasteiger partial charge in [-0.3, -0.25) is 14.7 Å². The Morgan fingerprint density at radius 2 is 2.21 bits per heavy atom. The van der Waals surface area contributed by atoms with Crippen LogP contribution in [0, 0.1) is 5.82 Å². The Kier molecular flexibility index (Phi) is 6.96. The van der Waals surface area contributed by atoms with Crippen LogP contribution in [0.2, 0.25) is 0 Å². The van der Waals surface area contributed by atoms with Crippen molar-refractivity contribution in [2.45, 2.75) is 19.6 Å². The average Bonchev–Trinajstić information content (AvgIpc) is 3.39. The Labute approximate surface area is 193 Å². The summed E-state index contributed by atoms with van der Waals surface area (Å²) in [5, 5.41) is 14.2. The highest BCUT2D eigenvalue weighted by Crippen LogP contribution is 2.28. The first kappa shape index (κ1) is 23.1. The van der Waals surface area contributed by atoms with E-state index >= 15 is 4.39 Å². The summed E-state index contributed by atoms with van der Waals surface area (Å²) in [6.07, 6.45) is 1.46. The zero-order chi connectivity index (χ0) is 24.1. The number of benzene rings is 1. The SMILES string of the molecule is CC(=O)N=CC1CN(c2ccc(N3CCNN(C(=O)NCc4cn[nH]n4)CC3)c(F)c2)C(=O)O1.